The second-order valence-corrected chi connectivity index (χ2v) is 6.36. The third-order valence-corrected chi connectivity index (χ3v) is 3.70. The summed E-state index contributed by atoms with van der Waals surface area (Å²) in [5.41, 5.74) is 5.51. The summed E-state index contributed by atoms with van der Waals surface area (Å²) < 4.78 is 5.84. The van der Waals surface area contributed by atoms with E-state index in [1.165, 1.54) is 5.56 Å². The predicted molar refractivity (Wildman–Crippen MR) is 90.7 cm³/mol. The highest BCUT2D eigenvalue weighted by atomic mass is 16.5. The smallest absolute Gasteiger partial charge is 0.244 e. The lowest BCUT2D eigenvalue weighted by Gasteiger charge is -2.16. The van der Waals surface area contributed by atoms with Crippen LogP contribution in [0, 0.1) is 0 Å². The van der Waals surface area contributed by atoms with Crippen molar-refractivity contribution in [1.82, 2.24) is 5.43 Å². The van der Waals surface area contributed by atoms with Crippen LogP contribution in [0.2, 0.25) is 0 Å². The number of carbonyl (C=O) groups excluding carboxylic acids is 1. The van der Waals surface area contributed by atoms with Gasteiger partial charge in [0.25, 0.3) is 0 Å². The molecule has 0 atom stereocenters. The molecule has 118 valence electrons. The molecule has 1 aliphatic heterocycles. The first-order valence-corrected chi connectivity index (χ1v) is 7.70. The molecule has 0 aliphatic carbocycles. The Morgan fingerprint density at radius 1 is 1.26 bits per heavy atom. The molecule has 0 bridgehead atoms. The second-order valence-electron chi connectivity index (χ2n) is 6.36. The van der Waals surface area contributed by atoms with Gasteiger partial charge in [0.1, 0.15) is 11.4 Å². The quantitative estimate of drug-likeness (QED) is 0.697. The maximum absolute atomic E-state index is 11.8. The Morgan fingerprint density at radius 3 is 2.83 bits per heavy atom. The zero-order valence-electron chi connectivity index (χ0n) is 13.4. The van der Waals surface area contributed by atoms with Crippen LogP contribution in [0.3, 0.4) is 0 Å². The third kappa shape index (κ3) is 3.97. The average molecular weight is 308 g/mol. The zero-order valence-corrected chi connectivity index (χ0v) is 13.4. The minimum atomic E-state index is -0.151. The summed E-state index contributed by atoms with van der Waals surface area (Å²) in [4.78, 5) is 11.8. The molecule has 2 aromatic rings. The number of hydrazone groups is 1. The van der Waals surface area contributed by atoms with Crippen LogP contribution < -0.4 is 10.2 Å². The van der Waals surface area contributed by atoms with Gasteiger partial charge in [0, 0.05) is 6.42 Å². The molecule has 4 nitrogen and oxygen atoms in total. The van der Waals surface area contributed by atoms with Gasteiger partial charge in [-0.15, -0.1) is 0 Å². The van der Waals surface area contributed by atoms with Gasteiger partial charge in [-0.05, 0) is 48.7 Å². The molecule has 0 fully saturated rings. The number of nitrogens with one attached hydrogen (secondary N) is 1. The number of carbonyl (C=O) groups is 1. The highest BCUT2D eigenvalue weighted by Crippen LogP contribution is 2.34. The fourth-order valence-electron chi connectivity index (χ4n) is 2.71. The molecule has 0 aromatic heterocycles. The summed E-state index contributed by atoms with van der Waals surface area (Å²) in [5.74, 6) is 0.804. The van der Waals surface area contributed by atoms with E-state index in [4.69, 9.17) is 4.74 Å². The van der Waals surface area contributed by atoms with Crippen LogP contribution in [0.25, 0.3) is 0 Å². The van der Waals surface area contributed by atoms with Crippen molar-refractivity contribution in [3.63, 3.8) is 0 Å². The van der Waals surface area contributed by atoms with E-state index in [1.54, 1.807) is 6.21 Å². The highest BCUT2D eigenvalue weighted by Gasteiger charge is 2.29. The fourth-order valence-corrected chi connectivity index (χ4v) is 2.71. The van der Waals surface area contributed by atoms with E-state index in [9.17, 15) is 4.79 Å². The molecular weight excluding hydrogens is 288 g/mol. The summed E-state index contributed by atoms with van der Waals surface area (Å²) >= 11 is 0. The number of ether oxygens (including phenoxy) is 1. The van der Waals surface area contributed by atoms with Gasteiger partial charge in [0.15, 0.2) is 0 Å². The van der Waals surface area contributed by atoms with Gasteiger partial charge < -0.3 is 4.74 Å². The van der Waals surface area contributed by atoms with Crippen LogP contribution in [-0.4, -0.2) is 17.7 Å². The minimum Gasteiger partial charge on any atom is -0.487 e. The van der Waals surface area contributed by atoms with Crippen molar-refractivity contribution in [2.45, 2.75) is 32.3 Å². The molecule has 1 heterocycles. The van der Waals surface area contributed by atoms with Crippen LogP contribution in [0.5, 0.6) is 5.75 Å². The Kier molecular flexibility index (Phi) is 4.15. The van der Waals surface area contributed by atoms with E-state index in [0.717, 1.165) is 23.3 Å². The van der Waals surface area contributed by atoms with Crippen molar-refractivity contribution in [1.29, 1.82) is 0 Å². The van der Waals surface area contributed by atoms with Gasteiger partial charge in [0.2, 0.25) is 5.91 Å². The molecule has 0 saturated heterocycles. The van der Waals surface area contributed by atoms with Crippen molar-refractivity contribution >= 4 is 12.1 Å². The number of hydrogen-bond donors (Lipinski definition) is 1. The maximum atomic E-state index is 11.8. The molecule has 4 heteroatoms. The number of nitrogens with zero attached hydrogens (tertiary/aromatic N) is 1. The summed E-state index contributed by atoms with van der Waals surface area (Å²) in [6, 6.07) is 15.6. The number of rotatable bonds is 4. The molecule has 0 unspecified atom stereocenters. The summed E-state index contributed by atoms with van der Waals surface area (Å²) in [6.07, 6.45) is 2.86. The lowest BCUT2D eigenvalue weighted by molar-refractivity contribution is -0.120. The first-order valence-electron chi connectivity index (χ1n) is 7.70. The normalized spacial score (nSPS) is 15.2. The van der Waals surface area contributed by atoms with E-state index < -0.39 is 0 Å². The van der Waals surface area contributed by atoms with E-state index in [0.29, 0.717) is 6.42 Å². The summed E-state index contributed by atoms with van der Waals surface area (Å²) in [5, 5.41) is 4.03. The Labute approximate surface area is 136 Å². The van der Waals surface area contributed by atoms with Crippen molar-refractivity contribution in [2.24, 2.45) is 5.10 Å². The monoisotopic (exact) mass is 308 g/mol. The molecular formula is C19H20N2O2. The summed E-state index contributed by atoms with van der Waals surface area (Å²) in [6.45, 7) is 4.15. The first kappa shape index (κ1) is 15.3. The summed E-state index contributed by atoms with van der Waals surface area (Å²) in [7, 11) is 0. The largest absolute Gasteiger partial charge is 0.487 e. The van der Waals surface area contributed by atoms with Crippen LogP contribution in [0.1, 0.15) is 30.5 Å². The molecule has 1 N–H and O–H groups in total. The standard InChI is InChI=1S/C19H20N2O2/c1-19(2)12-16-10-15(8-9-17(16)23-19)13-20-21-18(22)11-14-6-4-3-5-7-14/h3-10,13H,11-12H2,1-2H3,(H,21,22)/b20-13+. The Morgan fingerprint density at radius 2 is 2.04 bits per heavy atom. The van der Waals surface area contributed by atoms with Crippen LogP contribution in [0.15, 0.2) is 53.6 Å². The molecule has 2 aromatic carbocycles. The minimum absolute atomic E-state index is 0.127. The third-order valence-electron chi connectivity index (χ3n) is 3.70. The van der Waals surface area contributed by atoms with Crippen molar-refractivity contribution in [3.05, 3.63) is 65.2 Å². The van der Waals surface area contributed by atoms with Gasteiger partial charge in [-0.3, -0.25) is 4.79 Å². The Bertz CT molecular complexity index is 736. The SMILES string of the molecule is CC1(C)Cc2cc(/C=N/NC(=O)Cc3ccccc3)ccc2O1. The molecule has 23 heavy (non-hydrogen) atoms. The zero-order chi connectivity index (χ0) is 16.3. The lowest BCUT2D eigenvalue weighted by atomic mass is 10.0. The second kappa shape index (κ2) is 6.24. The topological polar surface area (TPSA) is 50.7 Å². The molecule has 1 aliphatic rings. The maximum Gasteiger partial charge on any atom is 0.244 e. The van der Waals surface area contributed by atoms with Gasteiger partial charge in [-0.2, -0.15) is 5.10 Å². The predicted octanol–water partition coefficient (Wildman–Crippen LogP) is 3.09. The Balaban J connectivity index is 1.58. The average Bonchev–Trinajstić information content (AvgIpc) is 2.81. The number of benzene rings is 2. The van der Waals surface area contributed by atoms with Crippen LogP contribution in [0.4, 0.5) is 0 Å². The number of fused-ring (bicyclic) bond motifs is 1. The van der Waals surface area contributed by atoms with Crippen molar-refractivity contribution in [3.8, 4) is 5.75 Å². The van der Waals surface area contributed by atoms with E-state index in [-0.39, 0.29) is 11.5 Å². The first-order chi connectivity index (χ1) is 11.0. The molecule has 0 saturated carbocycles. The van der Waals surface area contributed by atoms with Gasteiger partial charge in [0.05, 0.1) is 12.6 Å². The Hall–Kier alpha value is -2.62. The highest BCUT2D eigenvalue weighted by molar-refractivity contribution is 5.83. The lowest BCUT2D eigenvalue weighted by Crippen LogP contribution is -2.24. The van der Waals surface area contributed by atoms with E-state index in [2.05, 4.69) is 30.4 Å². The molecule has 0 radical (unpaired) electrons. The number of hydrogen-bond acceptors (Lipinski definition) is 3. The van der Waals surface area contributed by atoms with Gasteiger partial charge in [-0.25, -0.2) is 5.43 Å². The van der Waals surface area contributed by atoms with E-state index in [1.807, 2.05) is 42.5 Å². The molecule has 0 spiro atoms. The number of amides is 1. The van der Waals surface area contributed by atoms with Gasteiger partial charge >= 0.3 is 0 Å². The molecule has 1 amide bonds. The van der Waals surface area contributed by atoms with Crippen molar-refractivity contribution < 1.29 is 9.53 Å². The fraction of sp³-hybridized carbons (Fsp3) is 0.263. The van der Waals surface area contributed by atoms with Crippen molar-refractivity contribution in [2.75, 3.05) is 0 Å². The molecule has 3 rings (SSSR count). The van der Waals surface area contributed by atoms with Crippen LogP contribution >= 0.6 is 0 Å². The van der Waals surface area contributed by atoms with E-state index >= 15 is 0 Å². The van der Waals surface area contributed by atoms with Gasteiger partial charge in [-0.1, -0.05) is 30.3 Å². The van der Waals surface area contributed by atoms with Crippen LogP contribution in [-0.2, 0) is 17.6 Å².